The SMILES string of the molecule is C=CC(=CC)c1cnc(C2CCCN2C(=O)C(C=C(CC)CC)c2ccccc2)[nH]1. The molecule has 2 unspecified atom stereocenters. The van der Waals surface area contributed by atoms with Gasteiger partial charge in [0.1, 0.15) is 5.82 Å². The fraction of sp³-hybridized carbons (Fsp3) is 0.385. The van der Waals surface area contributed by atoms with Crippen LogP contribution >= 0.6 is 0 Å². The summed E-state index contributed by atoms with van der Waals surface area (Å²) in [6, 6.07) is 10.1. The van der Waals surface area contributed by atoms with E-state index in [1.165, 1.54) is 5.57 Å². The van der Waals surface area contributed by atoms with Gasteiger partial charge in [-0.2, -0.15) is 0 Å². The number of H-pyrrole nitrogens is 1. The molecule has 0 aliphatic carbocycles. The van der Waals surface area contributed by atoms with Crippen molar-refractivity contribution >= 4 is 11.5 Å². The van der Waals surface area contributed by atoms with E-state index in [2.05, 4.69) is 48.6 Å². The molecule has 1 amide bonds. The lowest BCUT2D eigenvalue weighted by Gasteiger charge is -2.27. The number of likely N-dealkylation sites (tertiary alicyclic amines) is 1. The summed E-state index contributed by atoms with van der Waals surface area (Å²) in [5, 5.41) is 0. The summed E-state index contributed by atoms with van der Waals surface area (Å²) in [6.07, 6.45) is 11.7. The first-order chi connectivity index (χ1) is 14.6. The van der Waals surface area contributed by atoms with Gasteiger partial charge in [-0.1, -0.05) is 74.6 Å². The number of aromatic amines is 1. The fourth-order valence-corrected chi connectivity index (χ4v) is 4.22. The summed E-state index contributed by atoms with van der Waals surface area (Å²) in [5.41, 5.74) is 4.33. The normalized spacial score (nSPS) is 17.6. The number of carbonyl (C=O) groups excluding carboxylic acids is 1. The van der Waals surface area contributed by atoms with E-state index < -0.39 is 0 Å². The number of nitrogens with one attached hydrogen (secondary N) is 1. The standard InChI is InChI=1S/C26H33N3O/c1-5-19(6-2)17-22(21-13-10-9-11-14-21)26(30)29-16-12-15-24(29)25-27-18-23(28-25)20(7-3)8-4/h7-11,13-14,17-18,22,24H,3,5-6,12,15-16H2,1-2,4H3,(H,27,28). The summed E-state index contributed by atoms with van der Waals surface area (Å²) >= 11 is 0. The molecular weight excluding hydrogens is 370 g/mol. The first kappa shape index (κ1) is 21.8. The highest BCUT2D eigenvalue weighted by Crippen LogP contribution is 2.35. The number of imidazole rings is 1. The number of allylic oxidation sites excluding steroid dienone is 4. The number of rotatable bonds is 8. The highest BCUT2D eigenvalue weighted by atomic mass is 16.2. The Morgan fingerprint density at radius 2 is 2.03 bits per heavy atom. The number of hydrogen-bond acceptors (Lipinski definition) is 2. The maximum atomic E-state index is 13.8. The fourth-order valence-electron chi connectivity index (χ4n) is 4.22. The molecule has 1 saturated heterocycles. The third-order valence-electron chi connectivity index (χ3n) is 6.02. The molecule has 0 saturated carbocycles. The molecule has 0 radical (unpaired) electrons. The number of amides is 1. The lowest BCUT2D eigenvalue weighted by molar-refractivity contribution is -0.132. The van der Waals surface area contributed by atoms with E-state index in [0.29, 0.717) is 0 Å². The Kier molecular flexibility index (Phi) is 7.45. The molecule has 158 valence electrons. The molecule has 1 aliphatic rings. The average Bonchev–Trinajstić information content (AvgIpc) is 3.45. The lowest BCUT2D eigenvalue weighted by Crippen LogP contribution is -2.34. The topological polar surface area (TPSA) is 49.0 Å². The smallest absolute Gasteiger partial charge is 0.234 e. The van der Waals surface area contributed by atoms with Gasteiger partial charge < -0.3 is 9.88 Å². The van der Waals surface area contributed by atoms with E-state index in [0.717, 1.165) is 54.9 Å². The van der Waals surface area contributed by atoms with E-state index in [1.54, 1.807) is 0 Å². The Balaban J connectivity index is 1.92. The summed E-state index contributed by atoms with van der Waals surface area (Å²) in [7, 11) is 0. The van der Waals surface area contributed by atoms with Crippen LogP contribution < -0.4 is 0 Å². The first-order valence-electron chi connectivity index (χ1n) is 11.0. The number of nitrogens with zero attached hydrogens (tertiary/aromatic N) is 2. The van der Waals surface area contributed by atoms with Crippen LogP contribution in [0.2, 0.25) is 0 Å². The monoisotopic (exact) mass is 403 g/mol. The second kappa shape index (κ2) is 10.2. The molecule has 2 atom stereocenters. The molecule has 1 aromatic carbocycles. The van der Waals surface area contributed by atoms with Gasteiger partial charge in [-0.25, -0.2) is 4.98 Å². The van der Waals surface area contributed by atoms with Crippen molar-refractivity contribution in [2.45, 2.75) is 58.4 Å². The van der Waals surface area contributed by atoms with Crippen LogP contribution in [-0.4, -0.2) is 27.3 Å². The maximum Gasteiger partial charge on any atom is 0.234 e. The summed E-state index contributed by atoms with van der Waals surface area (Å²) in [5.74, 6) is 0.769. The predicted octanol–water partition coefficient (Wildman–Crippen LogP) is 6.19. The van der Waals surface area contributed by atoms with Gasteiger partial charge in [0.25, 0.3) is 0 Å². The average molecular weight is 404 g/mol. The van der Waals surface area contributed by atoms with Crippen LogP contribution in [0.15, 0.2) is 66.9 Å². The van der Waals surface area contributed by atoms with Crippen LogP contribution in [0.3, 0.4) is 0 Å². The van der Waals surface area contributed by atoms with Crippen molar-refractivity contribution in [3.05, 3.63) is 84.0 Å². The van der Waals surface area contributed by atoms with E-state index in [9.17, 15) is 4.79 Å². The van der Waals surface area contributed by atoms with Crippen molar-refractivity contribution in [1.82, 2.24) is 14.9 Å². The minimum Gasteiger partial charge on any atom is -0.340 e. The zero-order valence-electron chi connectivity index (χ0n) is 18.4. The van der Waals surface area contributed by atoms with Crippen LogP contribution in [0.25, 0.3) is 5.57 Å². The number of carbonyl (C=O) groups is 1. The second-order valence-corrected chi connectivity index (χ2v) is 7.74. The van der Waals surface area contributed by atoms with Gasteiger partial charge in [0.05, 0.1) is 23.9 Å². The Morgan fingerprint density at radius 1 is 1.30 bits per heavy atom. The van der Waals surface area contributed by atoms with E-state index in [4.69, 9.17) is 0 Å². The van der Waals surface area contributed by atoms with Crippen LogP contribution in [-0.2, 0) is 4.79 Å². The minimum atomic E-state index is -0.254. The zero-order chi connectivity index (χ0) is 21.5. The van der Waals surface area contributed by atoms with Crippen LogP contribution in [0.4, 0.5) is 0 Å². The van der Waals surface area contributed by atoms with Crippen molar-refractivity contribution in [2.75, 3.05) is 6.54 Å². The van der Waals surface area contributed by atoms with Crippen molar-refractivity contribution in [1.29, 1.82) is 0 Å². The molecule has 4 heteroatoms. The van der Waals surface area contributed by atoms with Crippen molar-refractivity contribution < 1.29 is 4.79 Å². The van der Waals surface area contributed by atoms with Gasteiger partial charge in [-0.05, 0) is 43.7 Å². The van der Waals surface area contributed by atoms with Gasteiger partial charge in [0, 0.05) is 6.54 Å². The minimum absolute atomic E-state index is 0.0134. The zero-order valence-corrected chi connectivity index (χ0v) is 18.4. The molecule has 1 N–H and O–H groups in total. The Hall–Kier alpha value is -2.88. The van der Waals surface area contributed by atoms with Crippen molar-refractivity contribution in [2.24, 2.45) is 0 Å². The Labute approximate surface area is 180 Å². The first-order valence-corrected chi connectivity index (χ1v) is 11.0. The summed E-state index contributed by atoms with van der Waals surface area (Å²) < 4.78 is 0. The van der Waals surface area contributed by atoms with Gasteiger partial charge in [0.2, 0.25) is 5.91 Å². The van der Waals surface area contributed by atoms with E-state index in [1.807, 2.05) is 48.4 Å². The molecule has 4 nitrogen and oxygen atoms in total. The highest BCUT2D eigenvalue weighted by molar-refractivity contribution is 5.86. The molecular formula is C26H33N3O. The summed E-state index contributed by atoms with van der Waals surface area (Å²) in [6.45, 7) is 10.9. The highest BCUT2D eigenvalue weighted by Gasteiger charge is 2.35. The van der Waals surface area contributed by atoms with E-state index in [-0.39, 0.29) is 17.9 Å². The molecule has 0 bridgehead atoms. The Bertz CT molecular complexity index is 917. The van der Waals surface area contributed by atoms with Crippen LogP contribution in [0, 0.1) is 0 Å². The van der Waals surface area contributed by atoms with Gasteiger partial charge in [0.15, 0.2) is 0 Å². The summed E-state index contributed by atoms with van der Waals surface area (Å²) in [4.78, 5) is 23.8. The molecule has 2 aromatic rings. The van der Waals surface area contributed by atoms with Crippen LogP contribution in [0.1, 0.15) is 75.5 Å². The molecule has 30 heavy (non-hydrogen) atoms. The second-order valence-electron chi connectivity index (χ2n) is 7.74. The maximum absolute atomic E-state index is 13.8. The van der Waals surface area contributed by atoms with Crippen LogP contribution in [0.5, 0.6) is 0 Å². The third kappa shape index (κ3) is 4.64. The van der Waals surface area contributed by atoms with Crippen molar-refractivity contribution in [3.63, 3.8) is 0 Å². The van der Waals surface area contributed by atoms with Crippen molar-refractivity contribution in [3.8, 4) is 0 Å². The number of benzene rings is 1. The van der Waals surface area contributed by atoms with Gasteiger partial charge >= 0.3 is 0 Å². The number of aromatic nitrogens is 2. The van der Waals surface area contributed by atoms with Gasteiger partial charge in [-0.15, -0.1) is 0 Å². The predicted molar refractivity (Wildman–Crippen MR) is 124 cm³/mol. The molecule has 1 fully saturated rings. The molecule has 3 rings (SSSR count). The largest absolute Gasteiger partial charge is 0.340 e. The quantitative estimate of drug-likeness (QED) is 0.422. The third-order valence-corrected chi connectivity index (χ3v) is 6.02. The molecule has 0 spiro atoms. The van der Waals surface area contributed by atoms with Gasteiger partial charge in [-0.3, -0.25) is 4.79 Å². The van der Waals surface area contributed by atoms with E-state index >= 15 is 0 Å². The number of hydrogen-bond donors (Lipinski definition) is 1. The molecule has 2 heterocycles. The lowest BCUT2D eigenvalue weighted by atomic mass is 9.93. The molecule has 1 aliphatic heterocycles. The molecule has 1 aromatic heterocycles. The Morgan fingerprint density at radius 3 is 2.67 bits per heavy atom.